The van der Waals surface area contributed by atoms with E-state index in [4.69, 9.17) is 18.1 Å². The Morgan fingerprint density at radius 1 is 0.378 bits per heavy atom. The van der Waals surface area contributed by atoms with Gasteiger partial charge in [0.15, 0.2) is 0 Å². The van der Waals surface area contributed by atoms with Gasteiger partial charge in [-0.1, -0.05) is 145 Å². The third kappa shape index (κ3) is 4.17. The highest BCUT2D eigenvalue weighted by Gasteiger charge is 2.20. The van der Waals surface area contributed by atoms with E-state index in [0.717, 1.165) is 0 Å². The molecule has 0 atom stereocenters. The molecule has 9 aromatic rings. The average Bonchev–Trinajstić information content (AvgIpc) is 3.66. The molecule has 9 rings (SSSR count). The number of hydrogen-bond donors (Lipinski definition) is 0. The number of rotatable bonds is 4. The Morgan fingerprint density at radius 2 is 0.978 bits per heavy atom. The summed E-state index contributed by atoms with van der Waals surface area (Å²) in [6.45, 7) is 0. The molecule has 0 radical (unpaired) electrons. The fraction of sp³-hybridized carbons (Fsp3) is 0. The Morgan fingerprint density at radius 3 is 1.71 bits per heavy atom. The third-order valence-corrected chi connectivity index (χ3v) is 7.94. The highest BCUT2D eigenvalue weighted by molar-refractivity contribution is 6.25. The summed E-state index contributed by atoms with van der Waals surface area (Å²) >= 11 is 0. The monoisotopic (exact) mass is 587 g/mol. The van der Waals surface area contributed by atoms with Crippen LogP contribution in [-0.2, 0) is 0 Å². The Balaban J connectivity index is 1.46. The molecule has 0 fully saturated rings. The van der Waals surface area contributed by atoms with Crippen molar-refractivity contribution in [2.45, 2.75) is 0 Å². The highest BCUT2D eigenvalue weighted by Crippen LogP contribution is 2.47. The van der Waals surface area contributed by atoms with Crippen molar-refractivity contribution >= 4 is 43.5 Å². The van der Waals surface area contributed by atoms with Gasteiger partial charge >= 0.3 is 0 Å². The van der Waals surface area contributed by atoms with Gasteiger partial charge in [-0.3, -0.25) is 0 Å². The highest BCUT2D eigenvalue weighted by atomic mass is 16.3. The van der Waals surface area contributed by atoms with Gasteiger partial charge in [0.05, 0.1) is 20.6 Å². The van der Waals surface area contributed by atoms with Crippen LogP contribution in [-0.4, -0.2) is 0 Å². The maximum atomic E-state index is 9.51. The van der Waals surface area contributed by atoms with Crippen LogP contribution >= 0.6 is 0 Å². The molecule has 0 bridgehead atoms. The van der Waals surface area contributed by atoms with Gasteiger partial charge in [-0.25, -0.2) is 0 Å². The van der Waals surface area contributed by atoms with Crippen LogP contribution in [0.3, 0.4) is 0 Å². The van der Waals surface area contributed by atoms with E-state index in [1.54, 1.807) is 78.9 Å². The molecule has 0 spiro atoms. The summed E-state index contributed by atoms with van der Waals surface area (Å²) in [6.07, 6.45) is 0. The quantitative estimate of drug-likeness (QED) is 0.187. The van der Waals surface area contributed by atoms with E-state index in [-0.39, 0.29) is 62.8 Å². The maximum Gasteiger partial charge on any atom is 0.136 e. The zero-order valence-electron chi connectivity index (χ0n) is 38.4. The molecule has 0 amide bonds. The summed E-state index contributed by atoms with van der Waals surface area (Å²) in [5.41, 5.74) is 0.0883. The Labute approximate surface area is 282 Å². The van der Waals surface area contributed by atoms with Crippen LogP contribution in [0.25, 0.3) is 88.0 Å². The smallest absolute Gasteiger partial charge is 0.136 e. The molecule has 0 saturated heterocycles. The van der Waals surface area contributed by atoms with Crippen LogP contribution in [0.15, 0.2) is 174 Å². The Kier molecular flexibility index (Phi) is 3.39. The standard InChI is InChI=1S/C44H28O/c1-3-13-29(14-4-1)31-17-11-18-33(27-31)42-34-19-7-9-21-36(34)43(37-22-10-8-20-35(37)42)39-23-12-24-40-44(39)38-26-25-32(28-41(38)45-40)30-15-5-2-6-16-30/h1-28H/i2D,5D,6D,11D,12D,15D,16D,17D,18D,23D,24D,25D,26D,27D,28D. The average molecular weight is 588 g/mol. The first kappa shape index (κ1) is 14.7. The SMILES string of the molecule is [2H]c1c([2H])c([2H])c(-c2c([2H])c([2H])c3c(oc4c([2H])c([2H])c([2H])c(-c5c6ccccc6c(-c6c([2H])c([2H])c([2H])c(-c7ccccc7)c6[2H])c6ccccc56)c43)c2[2H])c([2H])c1[2H]. The summed E-state index contributed by atoms with van der Waals surface area (Å²) in [5.74, 6) is 0. The van der Waals surface area contributed by atoms with E-state index in [0.29, 0.717) is 38.2 Å². The van der Waals surface area contributed by atoms with E-state index in [1.807, 2.05) is 0 Å². The van der Waals surface area contributed by atoms with E-state index in [2.05, 4.69) is 0 Å². The molecule has 1 aromatic heterocycles. The topological polar surface area (TPSA) is 13.1 Å². The molecule has 1 heteroatoms. The lowest BCUT2D eigenvalue weighted by Crippen LogP contribution is -1.91. The lowest BCUT2D eigenvalue weighted by molar-refractivity contribution is 0.669. The third-order valence-electron chi connectivity index (χ3n) is 7.94. The van der Waals surface area contributed by atoms with E-state index >= 15 is 0 Å². The molecule has 0 saturated carbocycles. The lowest BCUT2D eigenvalue weighted by atomic mass is 9.84. The van der Waals surface area contributed by atoms with Crippen molar-refractivity contribution in [3.63, 3.8) is 0 Å². The van der Waals surface area contributed by atoms with Gasteiger partial charge in [-0.15, -0.1) is 0 Å². The molecule has 0 N–H and O–H groups in total. The second-order valence-corrected chi connectivity index (χ2v) is 10.5. The molecule has 0 aliphatic carbocycles. The Bertz CT molecular complexity index is 3290. The van der Waals surface area contributed by atoms with Gasteiger partial charge in [0.25, 0.3) is 0 Å². The zero-order chi connectivity index (χ0) is 42.8. The first-order valence-electron chi connectivity index (χ1n) is 21.7. The fourth-order valence-corrected chi connectivity index (χ4v) is 6.02. The van der Waals surface area contributed by atoms with Crippen molar-refractivity contribution in [2.24, 2.45) is 0 Å². The Hall–Kier alpha value is -5.92. The zero-order valence-corrected chi connectivity index (χ0v) is 23.4. The van der Waals surface area contributed by atoms with Crippen LogP contribution in [0.1, 0.15) is 20.6 Å². The molecule has 1 heterocycles. The first-order valence-corrected chi connectivity index (χ1v) is 14.2. The molecule has 0 aliphatic heterocycles. The van der Waals surface area contributed by atoms with Gasteiger partial charge in [0.2, 0.25) is 0 Å². The van der Waals surface area contributed by atoms with Crippen LogP contribution in [0, 0.1) is 0 Å². The number of benzene rings is 8. The largest absolute Gasteiger partial charge is 0.456 e. The van der Waals surface area contributed by atoms with Gasteiger partial charge in [0.1, 0.15) is 11.2 Å². The van der Waals surface area contributed by atoms with Gasteiger partial charge in [0, 0.05) is 10.8 Å². The first-order chi connectivity index (χ1) is 28.6. The molecule has 45 heavy (non-hydrogen) atoms. The summed E-state index contributed by atoms with van der Waals surface area (Å²) in [7, 11) is 0. The minimum Gasteiger partial charge on any atom is -0.456 e. The van der Waals surface area contributed by atoms with Crippen molar-refractivity contribution < 1.29 is 25.0 Å². The predicted octanol–water partition coefficient (Wildman–Crippen LogP) is 12.6. The molecule has 0 aliphatic rings. The van der Waals surface area contributed by atoms with E-state index < -0.39 is 77.6 Å². The second kappa shape index (κ2) is 10.4. The summed E-state index contributed by atoms with van der Waals surface area (Å²) < 4.78 is 139. The second-order valence-electron chi connectivity index (χ2n) is 10.5. The van der Waals surface area contributed by atoms with Crippen molar-refractivity contribution in [2.75, 3.05) is 0 Å². The van der Waals surface area contributed by atoms with Crippen molar-refractivity contribution in [3.8, 4) is 44.5 Å². The predicted molar refractivity (Wildman–Crippen MR) is 190 cm³/mol. The summed E-state index contributed by atoms with van der Waals surface area (Å²) in [5, 5.41) is 1.75. The molecule has 1 nitrogen and oxygen atoms in total. The van der Waals surface area contributed by atoms with Crippen molar-refractivity contribution in [1.29, 1.82) is 0 Å². The minimum atomic E-state index is -0.697. The van der Waals surface area contributed by atoms with Crippen LogP contribution in [0.5, 0.6) is 0 Å². The van der Waals surface area contributed by atoms with Crippen LogP contribution < -0.4 is 0 Å². The van der Waals surface area contributed by atoms with Gasteiger partial charge in [-0.05, 0) is 90.2 Å². The molecular weight excluding hydrogens is 544 g/mol. The van der Waals surface area contributed by atoms with Crippen LogP contribution in [0.2, 0.25) is 0 Å². The van der Waals surface area contributed by atoms with E-state index in [9.17, 15) is 6.85 Å². The lowest BCUT2D eigenvalue weighted by Gasteiger charge is -2.18. The summed E-state index contributed by atoms with van der Waals surface area (Å²) in [6, 6.07) is 15.0. The normalized spacial score (nSPS) is 16.2. The number of furan rings is 1. The molecular formula is C44H28O. The van der Waals surface area contributed by atoms with Gasteiger partial charge in [-0.2, -0.15) is 0 Å². The molecule has 210 valence electrons. The number of fused-ring (bicyclic) bond motifs is 5. The van der Waals surface area contributed by atoms with Crippen molar-refractivity contribution in [1.82, 2.24) is 0 Å². The molecule has 8 aromatic carbocycles. The number of hydrogen-bond acceptors (Lipinski definition) is 1. The molecule has 0 unspecified atom stereocenters. The van der Waals surface area contributed by atoms with Crippen molar-refractivity contribution in [3.05, 3.63) is 169 Å². The minimum absolute atomic E-state index is 0.0144. The van der Waals surface area contributed by atoms with Gasteiger partial charge < -0.3 is 4.42 Å². The van der Waals surface area contributed by atoms with Crippen LogP contribution in [0.4, 0.5) is 0 Å². The fourth-order valence-electron chi connectivity index (χ4n) is 6.02. The maximum absolute atomic E-state index is 9.51. The van der Waals surface area contributed by atoms with E-state index in [1.165, 1.54) is 0 Å². The summed E-state index contributed by atoms with van der Waals surface area (Å²) in [4.78, 5) is 0.